The second-order valence-electron chi connectivity index (χ2n) is 6.45. The first kappa shape index (κ1) is 17.0. The Kier molecular flexibility index (Phi) is 4.27. The number of carbonyl (C=O) groups is 1. The Morgan fingerprint density at radius 3 is 2.70 bits per heavy atom. The van der Waals surface area contributed by atoms with Crippen LogP contribution in [0.2, 0.25) is 5.02 Å². The van der Waals surface area contributed by atoms with Crippen molar-refractivity contribution in [3.05, 3.63) is 52.4 Å². The second-order valence-corrected chi connectivity index (χ2v) is 8.89. The minimum absolute atomic E-state index is 0.426. The zero-order chi connectivity index (χ0) is 18.4. The number of anilines is 1. The molecule has 5 rings (SSSR count). The van der Waals surface area contributed by atoms with Crippen molar-refractivity contribution < 1.29 is 9.53 Å². The molecule has 27 heavy (non-hydrogen) atoms. The van der Waals surface area contributed by atoms with E-state index in [1.807, 2.05) is 36.4 Å². The predicted octanol–water partition coefficient (Wildman–Crippen LogP) is 5.98. The highest BCUT2D eigenvalue weighted by Crippen LogP contribution is 2.37. The monoisotopic (exact) mass is 414 g/mol. The number of thiophene rings is 1. The van der Waals surface area contributed by atoms with Crippen LogP contribution in [-0.2, 0) is 0 Å². The van der Waals surface area contributed by atoms with E-state index in [0.717, 1.165) is 38.5 Å². The number of hydrogen-bond acceptors (Lipinski definition) is 6. The number of halogens is 1. The summed E-state index contributed by atoms with van der Waals surface area (Å²) >= 11 is 9.38. The highest BCUT2D eigenvalue weighted by atomic mass is 35.5. The molecule has 1 aliphatic rings. The second kappa shape index (κ2) is 6.78. The molecule has 0 spiro atoms. The van der Waals surface area contributed by atoms with Gasteiger partial charge >= 0.3 is 5.97 Å². The quantitative estimate of drug-likeness (QED) is 0.305. The van der Waals surface area contributed by atoms with Crippen LogP contribution >= 0.6 is 34.3 Å². The van der Waals surface area contributed by atoms with Gasteiger partial charge in [-0.25, -0.2) is 9.78 Å². The number of esters is 1. The van der Waals surface area contributed by atoms with E-state index < -0.39 is 5.97 Å². The van der Waals surface area contributed by atoms with Gasteiger partial charge in [0.25, 0.3) is 0 Å². The maximum Gasteiger partial charge on any atom is 0.355 e. The summed E-state index contributed by atoms with van der Waals surface area (Å²) in [5.74, 6) is 0.0856. The molecule has 0 amide bonds. The Morgan fingerprint density at radius 2 is 1.89 bits per heavy atom. The van der Waals surface area contributed by atoms with Crippen molar-refractivity contribution in [1.82, 2.24) is 4.98 Å². The standard InChI is InChI=1S/C20H15ClN2O2S2/c21-17-13-5-1-2-6-15(13)26-18(17)19(24)25-12-7-8-14-16(11-12)27-20(22-14)23-9-3-4-10-23/h1-2,5-8,11H,3-4,9-10H2. The summed E-state index contributed by atoms with van der Waals surface area (Å²) in [5.41, 5.74) is 0.932. The Morgan fingerprint density at radius 1 is 1.07 bits per heavy atom. The van der Waals surface area contributed by atoms with Gasteiger partial charge < -0.3 is 9.64 Å². The minimum Gasteiger partial charge on any atom is -0.422 e. The van der Waals surface area contributed by atoms with E-state index in [4.69, 9.17) is 21.3 Å². The topological polar surface area (TPSA) is 42.4 Å². The fourth-order valence-corrected chi connectivity index (χ4v) is 5.73. The smallest absolute Gasteiger partial charge is 0.355 e. The lowest BCUT2D eigenvalue weighted by molar-refractivity contribution is 0.0740. The van der Waals surface area contributed by atoms with E-state index in [0.29, 0.717) is 15.6 Å². The Hall–Kier alpha value is -2.15. The fraction of sp³-hybridized carbons (Fsp3) is 0.200. The largest absolute Gasteiger partial charge is 0.422 e. The van der Waals surface area contributed by atoms with Gasteiger partial charge in [-0.15, -0.1) is 11.3 Å². The van der Waals surface area contributed by atoms with Crippen molar-refractivity contribution in [2.24, 2.45) is 0 Å². The number of carbonyl (C=O) groups excluding carboxylic acids is 1. The molecule has 2 aromatic heterocycles. The van der Waals surface area contributed by atoms with Gasteiger partial charge in [-0.2, -0.15) is 0 Å². The van der Waals surface area contributed by atoms with Crippen LogP contribution in [0.4, 0.5) is 5.13 Å². The molecule has 3 heterocycles. The number of thiazole rings is 1. The van der Waals surface area contributed by atoms with Gasteiger partial charge in [0.2, 0.25) is 0 Å². The molecule has 0 bridgehead atoms. The summed E-state index contributed by atoms with van der Waals surface area (Å²) in [6.45, 7) is 2.12. The molecule has 0 unspecified atom stereocenters. The first-order chi connectivity index (χ1) is 13.2. The molecule has 0 N–H and O–H groups in total. The van der Waals surface area contributed by atoms with E-state index in [1.165, 1.54) is 24.2 Å². The summed E-state index contributed by atoms with van der Waals surface area (Å²) in [4.78, 5) is 20.1. The summed E-state index contributed by atoms with van der Waals surface area (Å²) in [5, 5.41) is 2.37. The van der Waals surface area contributed by atoms with Crippen LogP contribution in [0.5, 0.6) is 5.75 Å². The van der Waals surface area contributed by atoms with Crippen LogP contribution < -0.4 is 9.64 Å². The molecule has 0 saturated carbocycles. The molecule has 1 fully saturated rings. The third-order valence-corrected chi connectivity index (χ3v) is 7.39. The highest BCUT2D eigenvalue weighted by molar-refractivity contribution is 7.22. The fourth-order valence-electron chi connectivity index (χ4n) is 3.30. The molecule has 4 nitrogen and oxygen atoms in total. The van der Waals surface area contributed by atoms with Gasteiger partial charge in [-0.1, -0.05) is 41.1 Å². The van der Waals surface area contributed by atoms with E-state index in [2.05, 4.69) is 4.90 Å². The molecule has 7 heteroatoms. The molecule has 1 saturated heterocycles. The Bertz CT molecular complexity index is 1160. The minimum atomic E-state index is -0.426. The Labute approximate surface area is 169 Å². The lowest BCUT2D eigenvalue weighted by Gasteiger charge is -2.11. The molecule has 0 atom stereocenters. The van der Waals surface area contributed by atoms with Crippen LogP contribution in [-0.4, -0.2) is 24.0 Å². The number of nitrogens with zero attached hydrogens (tertiary/aromatic N) is 2. The van der Waals surface area contributed by atoms with Crippen molar-refractivity contribution in [3.8, 4) is 5.75 Å². The number of fused-ring (bicyclic) bond motifs is 2. The zero-order valence-electron chi connectivity index (χ0n) is 14.3. The lowest BCUT2D eigenvalue weighted by Crippen LogP contribution is -2.16. The molecular weight excluding hydrogens is 400 g/mol. The summed E-state index contributed by atoms with van der Waals surface area (Å²) in [6.07, 6.45) is 2.43. The van der Waals surface area contributed by atoms with Gasteiger partial charge in [0.05, 0.1) is 15.2 Å². The number of benzene rings is 2. The highest BCUT2D eigenvalue weighted by Gasteiger charge is 2.20. The molecule has 4 aromatic rings. The molecular formula is C20H15ClN2O2S2. The van der Waals surface area contributed by atoms with Crippen LogP contribution in [0.15, 0.2) is 42.5 Å². The average Bonchev–Trinajstić information content (AvgIpc) is 3.40. The normalized spacial score (nSPS) is 14.3. The van der Waals surface area contributed by atoms with E-state index in [-0.39, 0.29) is 0 Å². The van der Waals surface area contributed by atoms with Crippen molar-refractivity contribution in [3.63, 3.8) is 0 Å². The van der Waals surface area contributed by atoms with E-state index in [9.17, 15) is 4.79 Å². The third-order valence-electron chi connectivity index (χ3n) is 4.66. The van der Waals surface area contributed by atoms with Gasteiger partial charge in [0.15, 0.2) is 5.13 Å². The van der Waals surface area contributed by atoms with Crippen molar-refractivity contribution in [2.45, 2.75) is 12.8 Å². The predicted molar refractivity (Wildman–Crippen MR) is 113 cm³/mol. The molecule has 0 radical (unpaired) electrons. The number of hydrogen-bond donors (Lipinski definition) is 0. The van der Waals surface area contributed by atoms with Crippen LogP contribution in [0.3, 0.4) is 0 Å². The molecule has 2 aromatic carbocycles. The maximum atomic E-state index is 12.6. The van der Waals surface area contributed by atoms with Crippen LogP contribution in [0.1, 0.15) is 22.5 Å². The number of rotatable bonds is 3. The SMILES string of the molecule is O=C(Oc1ccc2nc(N3CCCC3)sc2c1)c1sc2ccccc2c1Cl. The third kappa shape index (κ3) is 3.08. The van der Waals surface area contributed by atoms with E-state index in [1.54, 1.807) is 17.4 Å². The first-order valence-electron chi connectivity index (χ1n) is 8.74. The molecule has 1 aliphatic heterocycles. The first-order valence-corrected chi connectivity index (χ1v) is 10.7. The van der Waals surface area contributed by atoms with Crippen LogP contribution in [0.25, 0.3) is 20.3 Å². The van der Waals surface area contributed by atoms with Gasteiger partial charge in [0.1, 0.15) is 10.6 Å². The number of ether oxygens (including phenoxy) is 1. The summed E-state index contributed by atoms with van der Waals surface area (Å²) in [6, 6.07) is 13.3. The summed E-state index contributed by atoms with van der Waals surface area (Å²) < 4.78 is 7.60. The zero-order valence-corrected chi connectivity index (χ0v) is 16.7. The number of aromatic nitrogens is 1. The molecule has 136 valence electrons. The molecule has 0 aliphatic carbocycles. The maximum absolute atomic E-state index is 12.6. The van der Waals surface area contributed by atoms with Gasteiger partial charge in [-0.05, 0) is 31.0 Å². The summed E-state index contributed by atoms with van der Waals surface area (Å²) in [7, 11) is 0. The van der Waals surface area contributed by atoms with Crippen molar-refractivity contribution in [1.29, 1.82) is 0 Å². The van der Waals surface area contributed by atoms with Crippen molar-refractivity contribution in [2.75, 3.05) is 18.0 Å². The van der Waals surface area contributed by atoms with Crippen molar-refractivity contribution >= 4 is 65.7 Å². The average molecular weight is 415 g/mol. The van der Waals surface area contributed by atoms with Gasteiger partial charge in [0, 0.05) is 29.2 Å². The van der Waals surface area contributed by atoms with Gasteiger partial charge in [-0.3, -0.25) is 0 Å². The lowest BCUT2D eigenvalue weighted by atomic mass is 10.2. The van der Waals surface area contributed by atoms with Crippen LogP contribution in [0, 0.1) is 0 Å². The Balaban J connectivity index is 1.43. The van der Waals surface area contributed by atoms with E-state index >= 15 is 0 Å².